The molecule has 16 heavy (non-hydrogen) atoms. The number of benzene rings is 1. The van der Waals surface area contributed by atoms with E-state index in [-0.39, 0.29) is 6.04 Å². The Morgan fingerprint density at radius 2 is 1.88 bits per heavy atom. The second-order valence-corrected chi connectivity index (χ2v) is 6.37. The molecule has 0 bridgehead atoms. The smallest absolute Gasteiger partial charge is 0.214 e. The van der Waals surface area contributed by atoms with Crippen LogP contribution in [0.3, 0.4) is 0 Å². The van der Waals surface area contributed by atoms with Crippen LogP contribution < -0.4 is 10.5 Å². The average Bonchev–Trinajstić information content (AvgIpc) is 2.16. The Bertz CT molecular complexity index is 455. The Balaban J connectivity index is 2.85. The third-order valence-electron chi connectivity index (χ3n) is 2.37. The Morgan fingerprint density at radius 1 is 1.25 bits per heavy atom. The van der Waals surface area contributed by atoms with Gasteiger partial charge >= 0.3 is 0 Å². The van der Waals surface area contributed by atoms with Gasteiger partial charge in [0.15, 0.2) is 0 Å². The van der Waals surface area contributed by atoms with Crippen LogP contribution >= 0.6 is 0 Å². The molecule has 1 aromatic rings. The summed E-state index contributed by atoms with van der Waals surface area (Å²) in [5.74, 6) is 0. The molecule has 0 saturated heterocycles. The van der Waals surface area contributed by atoms with Gasteiger partial charge in [-0.15, -0.1) is 0 Å². The van der Waals surface area contributed by atoms with Crippen LogP contribution in [0.5, 0.6) is 0 Å². The summed E-state index contributed by atoms with van der Waals surface area (Å²) in [5, 5.41) is -0.434. The van der Waals surface area contributed by atoms with Crippen molar-refractivity contribution >= 4 is 15.7 Å². The molecule has 0 aliphatic carbocycles. The van der Waals surface area contributed by atoms with E-state index in [9.17, 15) is 8.42 Å². The molecule has 0 heterocycles. The van der Waals surface area contributed by atoms with E-state index in [1.165, 1.54) is 0 Å². The van der Waals surface area contributed by atoms with Crippen molar-refractivity contribution in [3.8, 4) is 0 Å². The fourth-order valence-corrected chi connectivity index (χ4v) is 2.18. The fourth-order valence-electron chi connectivity index (χ4n) is 1.28. The third-order valence-corrected chi connectivity index (χ3v) is 4.30. The van der Waals surface area contributed by atoms with Gasteiger partial charge in [0, 0.05) is 11.7 Å². The summed E-state index contributed by atoms with van der Waals surface area (Å²) < 4.78 is 25.9. The quantitative estimate of drug-likeness (QED) is 0.789. The lowest BCUT2D eigenvalue weighted by Gasteiger charge is -2.16. The second-order valence-electron chi connectivity index (χ2n) is 4.10. The van der Waals surface area contributed by atoms with Crippen LogP contribution in [-0.2, 0) is 10.0 Å². The molecule has 5 heteroatoms. The summed E-state index contributed by atoms with van der Waals surface area (Å²) >= 11 is 0. The highest BCUT2D eigenvalue weighted by atomic mass is 32.2. The molecule has 0 saturated carbocycles. The van der Waals surface area contributed by atoms with E-state index in [1.807, 2.05) is 12.1 Å². The van der Waals surface area contributed by atoms with Gasteiger partial charge in [0.05, 0.1) is 5.25 Å². The lowest BCUT2D eigenvalue weighted by Crippen LogP contribution is -2.32. The normalized spacial score (nSPS) is 14.0. The Kier molecular flexibility index (Phi) is 3.93. The Morgan fingerprint density at radius 3 is 2.38 bits per heavy atom. The number of nitrogen functional groups attached to an aromatic ring is 1. The summed E-state index contributed by atoms with van der Waals surface area (Å²) in [6.45, 7) is 5.09. The van der Waals surface area contributed by atoms with Gasteiger partial charge in [-0.05, 0) is 38.5 Å². The van der Waals surface area contributed by atoms with Gasteiger partial charge in [-0.25, -0.2) is 13.1 Å². The fraction of sp³-hybridized carbons (Fsp3) is 0.455. The molecule has 1 unspecified atom stereocenters. The second kappa shape index (κ2) is 4.84. The zero-order valence-corrected chi connectivity index (χ0v) is 10.6. The molecule has 1 rings (SSSR count). The standard InChI is InChI=1S/C11H18N2O2S/c1-8(2)16(14,15)13-9(3)10-5-4-6-11(12)7-10/h4-9,13H,12H2,1-3H3. The van der Waals surface area contributed by atoms with E-state index < -0.39 is 15.3 Å². The van der Waals surface area contributed by atoms with Crippen LogP contribution in [0, 0.1) is 0 Å². The van der Waals surface area contributed by atoms with E-state index in [4.69, 9.17) is 5.73 Å². The van der Waals surface area contributed by atoms with Crippen LogP contribution in [0.25, 0.3) is 0 Å². The van der Waals surface area contributed by atoms with E-state index in [2.05, 4.69) is 4.72 Å². The predicted molar refractivity (Wildman–Crippen MR) is 66.5 cm³/mol. The lowest BCUT2D eigenvalue weighted by atomic mass is 10.1. The van der Waals surface area contributed by atoms with E-state index in [1.54, 1.807) is 32.9 Å². The number of nitrogens with one attached hydrogen (secondary N) is 1. The van der Waals surface area contributed by atoms with Crippen LogP contribution in [0.2, 0.25) is 0 Å². The predicted octanol–water partition coefficient (Wildman–Crippen LogP) is 1.66. The molecular weight excluding hydrogens is 224 g/mol. The van der Waals surface area contributed by atoms with Crippen molar-refractivity contribution in [3.63, 3.8) is 0 Å². The zero-order chi connectivity index (χ0) is 12.3. The molecule has 1 atom stereocenters. The van der Waals surface area contributed by atoms with E-state index in [0.717, 1.165) is 5.56 Å². The minimum Gasteiger partial charge on any atom is -0.399 e. The highest BCUT2D eigenvalue weighted by Crippen LogP contribution is 2.16. The molecule has 0 aliphatic rings. The van der Waals surface area contributed by atoms with Gasteiger partial charge in [-0.2, -0.15) is 0 Å². The molecule has 0 aliphatic heterocycles. The average molecular weight is 242 g/mol. The minimum absolute atomic E-state index is 0.268. The SMILES string of the molecule is CC(NS(=O)(=O)C(C)C)c1cccc(N)c1. The van der Waals surface area contributed by atoms with Gasteiger partial charge < -0.3 is 5.73 Å². The molecule has 90 valence electrons. The number of hydrogen-bond acceptors (Lipinski definition) is 3. The maximum atomic E-state index is 11.7. The minimum atomic E-state index is -3.25. The number of hydrogen-bond donors (Lipinski definition) is 2. The maximum Gasteiger partial charge on any atom is 0.214 e. The Hall–Kier alpha value is -1.07. The summed E-state index contributed by atoms with van der Waals surface area (Å²) in [6.07, 6.45) is 0. The molecule has 0 spiro atoms. The number of rotatable bonds is 4. The monoisotopic (exact) mass is 242 g/mol. The van der Waals surface area contributed by atoms with Crippen LogP contribution in [0.4, 0.5) is 5.69 Å². The summed E-state index contributed by atoms with van der Waals surface area (Å²) in [6, 6.07) is 6.94. The van der Waals surface area contributed by atoms with Crippen LogP contribution in [0.15, 0.2) is 24.3 Å². The van der Waals surface area contributed by atoms with Crippen LogP contribution in [-0.4, -0.2) is 13.7 Å². The van der Waals surface area contributed by atoms with Gasteiger partial charge in [-0.1, -0.05) is 12.1 Å². The van der Waals surface area contributed by atoms with E-state index >= 15 is 0 Å². The first-order valence-electron chi connectivity index (χ1n) is 5.19. The van der Waals surface area contributed by atoms with Gasteiger partial charge in [0.1, 0.15) is 0 Å². The molecule has 0 radical (unpaired) electrons. The number of anilines is 1. The summed E-state index contributed by atoms with van der Waals surface area (Å²) in [4.78, 5) is 0. The van der Waals surface area contributed by atoms with Crippen molar-refractivity contribution < 1.29 is 8.42 Å². The molecule has 4 nitrogen and oxygen atoms in total. The molecule has 1 aromatic carbocycles. The van der Waals surface area contributed by atoms with Crippen molar-refractivity contribution in [2.45, 2.75) is 32.1 Å². The molecular formula is C11H18N2O2S. The van der Waals surface area contributed by atoms with E-state index in [0.29, 0.717) is 5.69 Å². The van der Waals surface area contributed by atoms with Crippen molar-refractivity contribution in [2.75, 3.05) is 5.73 Å². The molecule has 0 aromatic heterocycles. The van der Waals surface area contributed by atoms with Crippen LogP contribution in [0.1, 0.15) is 32.4 Å². The van der Waals surface area contributed by atoms with Crippen molar-refractivity contribution in [1.82, 2.24) is 4.72 Å². The first-order chi connectivity index (χ1) is 7.33. The van der Waals surface area contributed by atoms with Gasteiger partial charge in [0.25, 0.3) is 0 Å². The highest BCUT2D eigenvalue weighted by molar-refractivity contribution is 7.90. The van der Waals surface area contributed by atoms with Gasteiger partial charge in [-0.3, -0.25) is 0 Å². The highest BCUT2D eigenvalue weighted by Gasteiger charge is 2.19. The number of nitrogens with two attached hydrogens (primary N) is 1. The van der Waals surface area contributed by atoms with Gasteiger partial charge in [0.2, 0.25) is 10.0 Å². The summed E-state index contributed by atoms with van der Waals surface area (Å²) in [7, 11) is -3.25. The Labute approximate surface area is 96.9 Å². The van der Waals surface area contributed by atoms with Crippen molar-refractivity contribution in [1.29, 1.82) is 0 Å². The first kappa shape index (κ1) is 13.0. The summed E-state index contributed by atoms with van der Waals surface area (Å²) in [5.41, 5.74) is 7.14. The maximum absolute atomic E-state index is 11.7. The largest absolute Gasteiger partial charge is 0.399 e. The molecule has 3 N–H and O–H groups in total. The molecule has 0 amide bonds. The topological polar surface area (TPSA) is 72.2 Å². The zero-order valence-electron chi connectivity index (χ0n) is 9.77. The van der Waals surface area contributed by atoms with Crippen molar-refractivity contribution in [3.05, 3.63) is 29.8 Å². The molecule has 0 fully saturated rings. The third kappa shape index (κ3) is 3.21. The number of sulfonamides is 1. The van der Waals surface area contributed by atoms with Crippen molar-refractivity contribution in [2.24, 2.45) is 0 Å². The first-order valence-corrected chi connectivity index (χ1v) is 6.74. The lowest BCUT2D eigenvalue weighted by molar-refractivity contribution is 0.558.